The summed E-state index contributed by atoms with van der Waals surface area (Å²) in [7, 11) is 3.03. The standard InChI is InChI=1S/C14H26N2O4/c1-11(13(17)15-8-6-10-19-2)16-9-5-4-7-12(16)14(18)20-3/h11-12H,4-10H2,1-3H3,(H,15,17)/t11?,12-/m1/s1. The zero-order valence-electron chi connectivity index (χ0n) is 12.7. The molecular weight excluding hydrogens is 260 g/mol. The number of piperidine rings is 1. The molecule has 0 aromatic carbocycles. The van der Waals surface area contributed by atoms with Gasteiger partial charge in [0.1, 0.15) is 6.04 Å². The van der Waals surface area contributed by atoms with Gasteiger partial charge in [-0.15, -0.1) is 0 Å². The van der Waals surface area contributed by atoms with Crippen LogP contribution in [0.25, 0.3) is 0 Å². The van der Waals surface area contributed by atoms with E-state index in [2.05, 4.69) is 5.32 Å². The first kappa shape index (κ1) is 16.9. The van der Waals surface area contributed by atoms with Crippen LogP contribution in [-0.2, 0) is 19.1 Å². The van der Waals surface area contributed by atoms with Gasteiger partial charge in [0.15, 0.2) is 0 Å². The van der Waals surface area contributed by atoms with Gasteiger partial charge in [-0.25, -0.2) is 0 Å². The Hall–Kier alpha value is -1.14. The van der Waals surface area contributed by atoms with Gasteiger partial charge in [0.25, 0.3) is 0 Å². The largest absolute Gasteiger partial charge is 0.468 e. The number of amides is 1. The number of nitrogens with one attached hydrogen (secondary N) is 1. The molecule has 0 spiro atoms. The number of rotatable bonds is 7. The molecule has 1 unspecified atom stereocenters. The third-order valence-corrected chi connectivity index (χ3v) is 3.72. The van der Waals surface area contributed by atoms with E-state index >= 15 is 0 Å². The minimum Gasteiger partial charge on any atom is -0.468 e. The van der Waals surface area contributed by atoms with Crippen molar-refractivity contribution in [2.75, 3.05) is 33.9 Å². The van der Waals surface area contributed by atoms with Crippen LogP contribution in [0.3, 0.4) is 0 Å². The first-order chi connectivity index (χ1) is 9.61. The lowest BCUT2D eigenvalue weighted by molar-refractivity contribution is -0.150. The molecule has 0 bridgehead atoms. The molecule has 116 valence electrons. The van der Waals surface area contributed by atoms with Gasteiger partial charge in [-0.2, -0.15) is 0 Å². The molecule has 20 heavy (non-hydrogen) atoms. The lowest BCUT2D eigenvalue weighted by Crippen LogP contribution is -2.54. The number of esters is 1. The van der Waals surface area contributed by atoms with Crippen LogP contribution in [0.15, 0.2) is 0 Å². The Morgan fingerprint density at radius 3 is 2.75 bits per heavy atom. The van der Waals surface area contributed by atoms with E-state index in [1.165, 1.54) is 7.11 Å². The number of ether oxygens (including phenoxy) is 2. The van der Waals surface area contributed by atoms with Gasteiger partial charge < -0.3 is 14.8 Å². The summed E-state index contributed by atoms with van der Waals surface area (Å²) in [6.45, 7) is 3.82. The highest BCUT2D eigenvalue weighted by atomic mass is 16.5. The first-order valence-corrected chi connectivity index (χ1v) is 7.22. The average molecular weight is 286 g/mol. The summed E-state index contributed by atoms with van der Waals surface area (Å²) in [5.74, 6) is -0.291. The number of carbonyl (C=O) groups is 2. The van der Waals surface area contributed by atoms with Gasteiger partial charge in [0.05, 0.1) is 13.2 Å². The first-order valence-electron chi connectivity index (χ1n) is 7.22. The van der Waals surface area contributed by atoms with Crippen molar-refractivity contribution in [3.63, 3.8) is 0 Å². The van der Waals surface area contributed by atoms with E-state index in [1.807, 2.05) is 11.8 Å². The Kier molecular flexibility index (Phi) is 7.54. The Bertz CT molecular complexity index is 322. The average Bonchev–Trinajstić information content (AvgIpc) is 2.49. The number of carbonyl (C=O) groups excluding carboxylic acids is 2. The fraction of sp³-hybridized carbons (Fsp3) is 0.857. The van der Waals surface area contributed by atoms with Gasteiger partial charge in [-0.05, 0) is 32.7 Å². The fourth-order valence-electron chi connectivity index (χ4n) is 2.53. The Morgan fingerprint density at radius 2 is 2.10 bits per heavy atom. The maximum Gasteiger partial charge on any atom is 0.323 e. The molecule has 0 aromatic heterocycles. The Labute approximate surface area is 120 Å². The summed E-state index contributed by atoms with van der Waals surface area (Å²) >= 11 is 0. The fourth-order valence-corrected chi connectivity index (χ4v) is 2.53. The summed E-state index contributed by atoms with van der Waals surface area (Å²) in [4.78, 5) is 25.9. The lowest BCUT2D eigenvalue weighted by Gasteiger charge is -2.37. The number of hydrogen-bond donors (Lipinski definition) is 1. The molecular formula is C14H26N2O4. The Balaban J connectivity index is 2.51. The molecule has 0 aliphatic carbocycles. The second-order valence-electron chi connectivity index (χ2n) is 5.09. The third kappa shape index (κ3) is 4.76. The highest BCUT2D eigenvalue weighted by molar-refractivity contribution is 5.83. The highest BCUT2D eigenvalue weighted by Gasteiger charge is 2.34. The molecule has 1 amide bonds. The normalized spacial score (nSPS) is 21.2. The number of likely N-dealkylation sites (tertiary alicyclic amines) is 1. The van der Waals surface area contributed by atoms with Crippen LogP contribution < -0.4 is 5.32 Å². The van der Waals surface area contributed by atoms with Crippen molar-refractivity contribution < 1.29 is 19.1 Å². The summed E-state index contributed by atoms with van der Waals surface area (Å²) in [5, 5.41) is 2.88. The maximum absolute atomic E-state index is 12.1. The molecule has 1 heterocycles. The molecule has 1 fully saturated rings. The van der Waals surface area contributed by atoms with E-state index < -0.39 is 0 Å². The number of methoxy groups -OCH3 is 2. The Morgan fingerprint density at radius 1 is 1.35 bits per heavy atom. The molecule has 6 nitrogen and oxygen atoms in total. The molecule has 0 radical (unpaired) electrons. The minimum atomic E-state index is -0.318. The van der Waals surface area contributed by atoms with E-state index in [-0.39, 0.29) is 24.0 Å². The van der Waals surface area contributed by atoms with Crippen LogP contribution in [-0.4, -0.2) is 62.8 Å². The van der Waals surface area contributed by atoms with E-state index in [0.717, 1.165) is 32.2 Å². The minimum absolute atomic E-state index is 0.0445. The number of nitrogens with zero attached hydrogens (tertiary/aromatic N) is 1. The summed E-state index contributed by atoms with van der Waals surface area (Å²) in [5.41, 5.74) is 0. The zero-order valence-corrected chi connectivity index (χ0v) is 12.7. The van der Waals surface area contributed by atoms with Crippen molar-refractivity contribution >= 4 is 11.9 Å². The van der Waals surface area contributed by atoms with Crippen LogP contribution in [0.1, 0.15) is 32.6 Å². The second kappa shape index (κ2) is 8.92. The van der Waals surface area contributed by atoms with Crippen molar-refractivity contribution in [3.05, 3.63) is 0 Å². The van der Waals surface area contributed by atoms with Crippen molar-refractivity contribution in [2.45, 2.75) is 44.7 Å². The lowest BCUT2D eigenvalue weighted by atomic mass is 10.00. The van der Waals surface area contributed by atoms with Gasteiger partial charge in [0.2, 0.25) is 5.91 Å². The van der Waals surface area contributed by atoms with Crippen molar-refractivity contribution in [1.82, 2.24) is 10.2 Å². The van der Waals surface area contributed by atoms with Crippen LogP contribution in [0.5, 0.6) is 0 Å². The molecule has 1 rings (SSSR count). The highest BCUT2D eigenvalue weighted by Crippen LogP contribution is 2.20. The summed E-state index contributed by atoms with van der Waals surface area (Å²) in [6, 6.07) is -0.615. The molecule has 1 N–H and O–H groups in total. The van der Waals surface area contributed by atoms with Gasteiger partial charge >= 0.3 is 5.97 Å². The molecule has 1 aliphatic heterocycles. The maximum atomic E-state index is 12.1. The predicted molar refractivity (Wildman–Crippen MR) is 75.3 cm³/mol. The van der Waals surface area contributed by atoms with Crippen molar-refractivity contribution in [2.24, 2.45) is 0 Å². The van der Waals surface area contributed by atoms with E-state index in [4.69, 9.17) is 9.47 Å². The molecule has 1 saturated heterocycles. The second-order valence-corrected chi connectivity index (χ2v) is 5.09. The molecule has 0 saturated carbocycles. The van der Waals surface area contributed by atoms with Crippen LogP contribution in [0, 0.1) is 0 Å². The van der Waals surface area contributed by atoms with Gasteiger partial charge in [-0.3, -0.25) is 14.5 Å². The van der Waals surface area contributed by atoms with E-state index in [0.29, 0.717) is 13.2 Å². The molecule has 6 heteroatoms. The van der Waals surface area contributed by atoms with Crippen molar-refractivity contribution in [1.29, 1.82) is 0 Å². The van der Waals surface area contributed by atoms with E-state index in [9.17, 15) is 9.59 Å². The topological polar surface area (TPSA) is 67.9 Å². The summed E-state index contributed by atoms with van der Waals surface area (Å²) < 4.78 is 9.77. The summed E-state index contributed by atoms with van der Waals surface area (Å²) in [6.07, 6.45) is 3.55. The van der Waals surface area contributed by atoms with Crippen LogP contribution >= 0.6 is 0 Å². The van der Waals surface area contributed by atoms with E-state index in [1.54, 1.807) is 7.11 Å². The van der Waals surface area contributed by atoms with Gasteiger partial charge in [0, 0.05) is 20.3 Å². The van der Waals surface area contributed by atoms with Gasteiger partial charge in [-0.1, -0.05) is 6.42 Å². The zero-order chi connectivity index (χ0) is 15.0. The SMILES string of the molecule is COCCCNC(=O)C(C)N1CCCC[C@@H]1C(=O)OC. The quantitative estimate of drug-likeness (QED) is 0.547. The van der Waals surface area contributed by atoms with Crippen molar-refractivity contribution in [3.8, 4) is 0 Å². The molecule has 1 aliphatic rings. The third-order valence-electron chi connectivity index (χ3n) is 3.72. The predicted octanol–water partition coefficient (Wildman–Crippen LogP) is 0.555. The smallest absolute Gasteiger partial charge is 0.323 e. The van der Waals surface area contributed by atoms with Crippen LogP contribution in [0.4, 0.5) is 0 Å². The molecule has 2 atom stereocenters. The number of hydrogen-bond acceptors (Lipinski definition) is 5. The monoisotopic (exact) mass is 286 g/mol. The van der Waals surface area contributed by atoms with Crippen LogP contribution in [0.2, 0.25) is 0 Å². The molecule has 0 aromatic rings.